The van der Waals surface area contributed by atoms with E-state index in [0.717, 1.165) is 16.3 Å². The Hall–Kier alpha value is -2.40. The Morgan fingerprint density at radius 1 is 1.10 bits per heavy atom. The summed E-state index contributed by atoms with van der Waals surface area (Å²) in [5.74, 6) is -0.583. The van der Waals surface area contributed by atoms with Crippen LogP contribution in [0.1, 0.15) is 18.5 Å². The summed E-state index contributed by atoms with van der Waals surface area (Å²) >= 11 is 0. The Morgan fingerprint density at radius 3 is 2.57 bits per heavy atom. The van der Waals surface area contributed by atoms with Gasteiger partial charge < -0.3 is 16.4 Å². The summed E-state index contributed by atoms with van der Waals surface area (Å²) < 4.78 is 0. The minimum Gasteiger partial charge on any atom is -0.348 e. The van der Waals surface area contributed by atoms with Crippen molar-refractivity contribution >= 4 is 22.6 Å². The number of hydrogen-bond acceptors (Lipinski definition) is 3. The van der Waals surface area contributed by atoms with E-state index in [0.29, 0.717) is 0 Å². The molecule has 0 aromatic heterocycles. The molecular weight excluding hydrogens is 266 g/mol. The highest BCUT2D eigenvalue weighted by molar-refractivity contribution is 5.88. The summed E-state index contributed by atoms with van der Waals surface area (Å²) in [4.78, 5) is 22.8. The van der Waals surface area contributed by atoms with Crippen LogP contribution in [0.4, 0.5) is 0 Å². The first-order valence-corrected chi connectivity index (χ1v) is 6.85. The highest BCUT2D eigenvalue weighted by atomic mass is 16.2. The van der Waals surface area contributed by atoms with E-state index < -0.39 is 0 Å². The van der Waals surface area contributed by atoms with E-state index in [1.807, 2.05) is 49.4 Å². The molecule has 0 radical (unpaired) electrons. The molecule has 0 aliphatic rings. The van der Waals surface area contributed by atoms with E-state index in [2.05, 4.69) is 10.6 Å². The molecular formula is C16H19N3O2. The zero-order valence-corrected chi connectivity index (χ0v) is 11.9. The number of amides is 2. The molecule has 2 aromatic carbocycles. The Bertz CT molecular complexity index is 650. The molecule has 2 rings (SSSR count). The van der Waals surface area contributed by atoms with Gasteiger partial charge in [-0.15, -0.1) is 0 Å². The Kier molecular flexibility index (Phi) is 4.90. The van der Waals surface area contributed by atoms with Crippen molar-refractivity contribution in [3.63, 3.8) is 0 Å². The quantitative estimate of drug-likeness (QED) is 0.769. The van der Waals surface area contributed by atoms with Gasteiger partial charge in [-0.3, -0.25) is 9.59 Å². The zero-order valence-electron chi connectivity index (χ0n) is 11.9. The standard InChI is InChI=1S/C16H19N3O2/c1-11(19-16(21)10-18-15(20)9-17)13-8-4-6-12-5-2-3-7-14(12)13/h2-8,11H,9-10,17H2,1H3,(H,18,20)(H,19,21). The van der Waals surface area contributed by atoms with Gasteiger partial charge in [-0.05, 0) is 23.3 Å². The van der Waals surface area contributed by atoms with Gasteiger partial charge in [0.2, 0.25) is 11.8 Å². The average molecular weight is 285 g/mol. The molecule has 0 saturated heterocycles. The predicted octanol–water partition coefficient (Wildman–Crippen LogP) is 1.09. The zero-order chi connectivity index (χ0) is 15.2. The number of nitrogens with one attached hydrogen (secondary N) is 2. The SMILES string of the molecule is CC(NC(=O)CNC(=O)CN)c1cccc2ccccc12. The minimum absolute atomic E-state index is 0.0643. The second-order valence-electron chi connectivity index (χ2n) is 4.84. The lowest BCUT2D eigenvalue weighted by Crippen LogP contribution is -2.40. The van der Waals surface area contributed by atoms with Crippen LogP contribution in [0.2, 0.25) is 0 Å². The number of rotatable bonds is 5. The molecule has 110 valence electrons. The summed E-state index contributed by atoms with van der Waals surface area (Å²) in [6, 6.07) is 13.9. The van der Waals surface area contributed by atoms with Crippen LogP contribution in [0.15, 0.2) is 42.5 Å². The maximum atomic E-state index is 11.8. The Morgan fingerprint density at radius 2 is 1.81 bits per heavy atom. The first kappa shape index (κ1) is 15.0. The predicted molar refractivity (Wildman–Crippen MR) is 82.6 cm³/mol. The van der Waals surface area contributed by atoms with Gasteiger partial charge in [0.25, 0.3) is 0 Å². The summed E-state index contributed by atoms with van der Waals surface area (Å²) in [6.07, 6.45) is 0. The molecule has 2 amide bonds. The highest BCUT2D eigenvalue weighted by Gasteiger charge is 2.12. The van der Waals surface area contributed by atoms with Gasteiger partial charge in [0, 0.05) is 0 Å². The summed E-state index contributed by atoms with van der Waals surface area (Å²) in [6.45, 7) is 1.74. The Labute approximate surface area is 123 Å². The molecule has 0 fully saturated rings. The van der Waals surface area contributed by atoms with Gasteiger partial charge in [0.1, 0.15) is 0 Å². The third kappa shape index (κ3) is 3.79. The van der Waals surface area contributed by atoms with Crippen LogP contribution >= 0.6 is 0 Å². The van der Waals surface area contributed by atoms with E-state index in [9.17, 15) is 9.59 Å². The molecule has 1 atom stereocenters. The second-order valence-corrected chi connectivity index (χ2v) is 4.84. The van der Waals surface area contributed by atoms with Crippen LogP contribution in [0.5, 0.6) is 0 Å². The van der Waals surface area contributed by atoms with Crippen LogP contribution in [0.25, 0.3) is 10.8 Å². The number of nitrogens with two attached hydrogens (primary N) is 1. The minimum atomic E-state index is -0.344. The molecule has 2 aromatic rings. The maximum Gasteiger partial charge on any atom is 0.239 e. The lowest BCUT2D eigenvalue weighted by atomic mass is 10.00. The molecule has 4 N–H and O–H groups in total. The molecule has 0 bridgehead atoms. The van der Waals surface area contributed by atoms with E-state index in [-0.39, 0.29) is 30.9 Å². The fraction of sp³-hybridized carbons (Fsp3) is 0.250. The van der Waals surface area contributed by atoms with Crippen LogP contribution in [0, 0.1) is 0 Å². The van der Waals surface area contributed by atoms with E-state index in [1.165, 1.54) is 0 Å². The van der Waals surface area contributed by atoms with Crippen LogP contribution in [-0.4, -0.2) is 24.9 Å². The molecule has 0 aliphatic carbocycles. The molecule has 0 spiro atoms. The number of benzene rings is 2. The topological polar surface area (TPSA) is 84.2 Å². The van der Waals surface area contributed by atoms with Crippen molar-refractivity contribution in [3.8, 4) is 0 Å². The number of fused-ring (bicyclic) bond motifs is 1. The maximum absolute atomic E-state index is 11.8. The number of carbonyl (C=O) groups is 2. The first-order chi connectivity index (χ1) is 10.1. The largest absolute Gasteiger partial charge is 0.348 e. The van der Waals surface area contributed by atoms with E-state index in [4.69, 9.17) is 5.73 Å². The van der Waals surface area contributed by atoms with Crippen molar-refractivity contribution in [1.82, 2.24) is 10.6 Å². The normalized spacial score (nSPS) is 11.9. The van der Waals surface area contributed by atoms with Gasteiger partial charge in [0.05, 0.1) is 19.1 Å². The van der Waals surface area contributed by atoms with Gasteiger partial charge in [0.15, 0.2) is 0 Å². The fourth-order valence-corrected chi connectivity index (χ4v) is 2.25. The molecule has 5 heteroatoms. The molecule has 1 unspecified atom stereocenters. The molecule has 5 nitrogen and oxygen atoms in total. The molecule has 0 saturated carbocycles. The number of carbonyl (C=O) groups excluding carboxylic acids is 2. The third-order valence-electron chi connectivity index (χ3n) is 3.30. The van der Waals surface area contributed by atoms with Crippen molar-refractivity contribution in [2.24, 2.45) is 5.73 Å². The van der Waals surface area contributed by atoms with Crippen molar-refractivity contribution in [1.29, 1.82) is 0 Å². The second kappa shape index (κ2) is 6.85. The van der Waals surface area contributed by atoms with Crippen molar-refractivity contribution in [3.05, 3.63) is 48.0 Å². The summed E-state index contributed by atoms with van der Waals surface area (Å²) in [5.41, 5.74) is 6.22. The monoisotopic (exact) mass is 285 g/mol. The highest BCUT2D eigenvalue weighted by Crippen LogP contribution is 2.23. The summed E-state index contributed by atoms with van der Waals surface area (Å²) in [7, 11) is 0. The van der Waals surface area contributed by atoms with Crippen LogP contribution in [-0.2, 0) is 9.59 Å². The average Bonchev–Trinajstić information content (AvgIpc) is 2.51. The Balaban J connectivity index is 2.07. The summed E-state index contributed by atoms with van der Waals surface area (Å²) in [5, 5.41) is 7.57. The lowest BCUT2D eigenvalue weighted by Gasteiger charge is -2.16. The van der Waals surface area contributed by atoms with Gasteiger partial charge >= 0.3 is 0 Å². The molecule has 21 heavy (non-hydrogen) atoms. The van der Waals surface area contributed by atoms with E-state index >= 15 is 0 Å². The lowest BCUT2D eigenvalue weighted by molar-refractivity contribution is -0.125. The van der Waals surface area contributed by atoms with Gasteiger partial charge in [-0.2, -0.15) is 0 Å². The molecule has 0 heterocycles. The van der Waals surface area contributed by atoms with Crippen molar-refractivity contribution in [2.45, 2.75) is 13.0 Å². The van der Waals surface area contributed by atoms with Gasteiger partial charge in [-0.1, -0.05) is 42.5 Å². The molecule has 0 aliphatic heterocycles. The van der Waals surface area contributed by atoms with Crippen molar-refractivity contribution < 1.29 is 9.59 Å². The smallest absolute Gasteiger partial charge is 0.239 e. The third-order valence-corrected chi connectivity index (χ3v) is 3.30. The van der Waals surface area contributed by atoms with Crippen LogP contribution < -0.4 is 16.4 Å². The fourth-order valence-electron chi connectivity index (χ4n) is 2.25. The number of hydrogen-bond donors (Lipinski definition) is 3. The van der Waals surface area contributed by atoms with Gasteiger partial charge in [-0.25, -0.2) is 0 Å². The first-order valence-electron chi connectivity index (χ1n) is 6.85. The van der Waals surface area contributed by atoms with E-state index in [1.54, 1.807) is 0 Å². The van der Waals surface area contributed by atoms with Crippen molar-refractivity contribution in [2.75, 3.05) is 13.1 Å². The van der Waals surface area contributed by atoms with Crippen LogP contribution in [0.3, 0.4) is 0 Å².